The van der Waals surface area contributed by atoms with Crippen LogP contribution in [-0.2, 0) is 14.3 Å². The molecule has 0 spiro atoms. The number of hydrogen-bond donors (Lipinski definition) is 2. The van der Waals surface area contributed by atoms with Crippen molar-refractivity contribution in [2.75, 3.05) is 0 Å². The van der Waals surface area contributed by atoms with Crippen molar-refractivity contribution in [3.63, 3.8) is 0 Å². The van der Waals surface area contributed by atoms with E-state index in [1.165, 1.54) is 0 Å². The van der Waals surface area contributed by atoms with Crippen LogP contribution in [0.25, 0.3) is 33.1 Å². The summed E-state index contributed by atoms with van der Waals surface area (Å²) in [5.74, 6) is -1.36. The zero-order valence-corrected chi connectivity index (χ0v) is 12.7. The van der Waals surface area contributed by atoms with Gasteiger partial charge in [-0.2, -0.15) is 5.10 Å². The third-order valence-electron chi connectivity index (χ3n) is 4.28. The second kappa shape index (κ2) is 4.88. The summed E-state index contributed by atoms with van der Waals surface area (Å²) < 4.78 is 4.90. The number of hydrogen-bond acceptors (Lipinski definition) is 5. The van der Waals surface area contributed by atoms with Gasteiger partial charge in [0.1, 0.15) is 5.57 Å². The Morgan fingerprint density at radius 2 is 1.72 bits per heavy atom. The fourth-order valence-corrected chi connectivity index (χ4v) is 3.18. The molecule has 0 bridgehead atoms. The van der Waals surface area contributed by atoms with E-state index in [9.17, 15) is 9.59 Å². The van der Waals surface area contributed by atoms with Crippen LogP contribution in [0.1, 0.15) is 11.3 Å². The lowest BCUT2D eigenvalue weighted by atomic mass is 9.98. The van der Waals surface area contributed by atoms with Gasteiger partial charge >= 0.3 is 11.9 Å². The maximum atomic E-state index is 12.4. The summed E-state index contributed by atoms with van der Waals surface area (Å²) in [5, 5.41) is 8.41. The van der Waals surface area contributed by atoms with E-state index < -0.39 is 11.9 Å². The molecule has 4 heterocycles. The summed E-state index contributed by atoms with van der Waals surface area (Å²) in [6.45, 7) is 0. The molecule has 0 unspecified atom stereocenters. The lowest BCUT2D eigenvalue weighted by molar-refractivity contribution is -0.149. The molecule has 0 atom stereocenters. The summed E-state index contributed by atoms with van der Waals surface area (Å²) in [4.78, 5) is 32.1. The molecule has 25 heavy (non-hydrogen) atoms. The monoisotopic (exact) mass is 330 g/mol. The largest absolute Gasteiger partial charge is 0.386 e. The average molecular weight is 330 g/mol. The zero-order valence-electron chi connectivity index (χ0n) is 12.7. The van der Waals surface area contributed by atoms with Crippen LogP contribution in [0.3, 0.4) is 0 Å². The highest BCUT2D eigenvalue weighted by molar-refractivity contribution is 6.46. The molecule has 1 aromatic carbocycles. The number of benzene rings is 1. The smallest absolute Gasteiger partial charge is 0.349 e. The molecule has 2 N–H and O–H groups in total. The van der Waals surface area contributed by atoms with Crippen molar-refractivity contribution in [1.82, 2.24) is 20.2 Å². The second-order valence-electron chi connectivity index (χ2n) is 5.65. The Labute approximate surface area is 140 Å². The summed E-state index contributed by atoms with van der Waals surface area (Å²) in [6.07, 6.45) is 3.32. The van der Waals surface area contributed by atoms with Crippen molar-refractivity contribution in [3.05, 3.63) is 60.0 Å². The van der Waals surface area contributed by atoms with Gasteiger partial charge in [0, 0.05) is 34.2 Å². The predicted octanol–water partition coefficient (Wildman–Crippen LogP) is 2.43. The molecule has 0 aliphatic carbocycles. The summed E-state index contributed by atoms with van der Waals surface area (Å²) >= 11 is 0. The third-order valence-corrected chi connectivity index (χ3v) is 4.28. The molecule has 0 fully saturated rings. The van der Waals surface area contributed by atoms with Gasteiger partial charge in [0.2, 0.25) is 0 Å². The zero-order chi connectivity index (χ0) is 17.0. The Morgan fingerprint density at radius 3 is 2.64 bits per heavy atom. The number of para-hydroxylation sites is 1. The molecular weight excluding hydrogens is 320 g/mol. The van der Waals surface area contributed by atoms with E-state index in [4.69, 9.17) is 4.74 Å². The number of ether oxygens (including phenoxy) is 1. The van der Waals surface area contributed by atoms with Crippen LogP contribution in [0.5, 0.6) is 0 Å². The molecule has 1 aliphatic heterocycles. The number of esters is 2. The molecule has 0 amide bonds. The first kappa shape index (κ1) is 13.7. The molecule has 0 saturated heterocycles. The van der Waals surface area contributed by atoms with Crippen LogP contribution in [0.4, 0.5) is 0 Å². The normalized spacial score (nSPS) is 14.7. The number of rotatable bonds is 2. The van der Waals surface area contributed by atoms with E-state index in [1.807, 2.05) is 24.3 Å². The van der Waals surface area contributed by atoms with E-state index in [1.54, 1.807) is 24.5 Å². The first-order chi connectivity index (χ1) is 12.2. The van der Waals surface area contributed by atoms with Crippen molar-refractivity contribution in [1.29, 1.82) is 0 Å². The molecule has 7 nitrogen and oxygen atoms in total. The Morgan fingerprint density at radius 1 is 0.920 bits per heavy atom. The number of aromatic nitrogens is 4. The van der Waals surface area contributed by atoms with Crippen LogP contribution < -0.4 is 0 Å². The molecule has 4 aromatic rings. The first-order valence-corrected chi connectivity index (χ1v) is 7.61. The summed E-state index contributed by atoms with van der Waals surface area (Å²) in [7, 11) is 0. The average Bonchev–Trinajstić information content (AvgIpc) is 3.30. The number of carbonyl (C=O) groups is 2. The molecule has 5 rings (SSSR count). The number of fused-ring (bicyclic) bond motifs is 2. The number of nitrogens with zero attached hydrogens (tertiary/aromatic N) is 2. The van der Waals surface area contributed by atoms with Crippen molar-refractivity contribution < 1.29 is 14.3 Å². The predicted molar refractivity (Wildman–Crippen MR) is 90.1 cm³/mol. The number of carbonyl (C=O) groups excluding carboxylic acids is 2. The van der Waals surface area contributed by atoms with Crippen LogP contribution in [-0.4, -0.2) is 32.1 Å². The summed E-state index contributed by atoms with van der Waals surface area (Å²) in [5.41, 5.74) is 2.78. The number of nitrogens with one attached hydrogen (secondary N) is 2. The highest BCUT2D eigenvalue weighted by atomic mass is 16.6. The minimum Gasteiger partial charge on any atom is -0.386 e. The standard InChI is InChI=1S/C18H10N4O3/c23-17-13(11-8-20-12-6-2-1-4-9(11)12)14(18(24)25-17)15-10-5-3-7-19-16(10)22-21-15/h1-8,20H,(H,19,21,22). The maximum Gasteiger partial charge on any atom is 0.349 e. The van der Waals surface area contributed by atoms with Crippen molar-refractivity contribution >= 4 is 45.0 Å². The minimum absolute atomic E-state index is 0.172. The van der Waals surface area contributed by atoms with E-state index in [-0.39, 0.29) is 11.1 Å². The highest BCUT2D eigenvalue weighted by Gasteiger charge is 2.37. The van der Waals surface area contributed by atoms with E-state index >= 15 is 0 Å². The maximum absolute atomic E-state index is 12.4. The third kappa shape index (κ3) is 1.86. The lowest BCUT2D eigenvalue weighted by Gasteiger charge is -2.00. The van der Waals surface area contributed by atoms with E-state index in [2.05, 4.69) is 20.2 Å². The Kier molecular flexibility index (Phi) is 2.67. The van der Waals surface area contributed by atoms with Gasteiger partial charge in [0.05, 0.1) is 11.3 Å². The van der Waals surface area contributed by atoms with Gasteiger partial charge in [-0.05, 0) is 18.2 Å². The van der Waals surface area contributed by atoms with Gasteiger partial charge in [0.25, 0.3) is 0 Å². The fourth-order valence-electron chi connectivity index (χ4n) is 3.18. The Balaban J connectivity index is 1.85. The molecule has 0 saturated carbocycles. The van der Waals surface area contributed by atoms with Gasteiger partial charge < -0.3 is 9.72 Å². The van der Waals surface area contributed by atoms with E-state index in [0.717, 1.165) is 10.9 Å². The minimum atomic E-state index is -0.695. The quantitative estimate of drug-likeness (QED) is 0.434. The number of cyclic esters (lactones) is 2. The summed E-state index contributed by atoms with van der Waals surface area (Å²) in [6, 6.07) is 11.1. The number of H-pyrrole nitrogens is 2. The lowest BCUT2D eigenvalue weighted by Crippen LogP contribution is -2.02. The fraction of sp³-hybridized carbons (Fsp3) is 0. The highest BCUT2D eigenvalue weighted by Crippen LogP contribution is 2.38. The molecule has 1 aliphatic rings. The van der Waals surface area contributed by atoms with Crippen LogP contribution in [0.15, 0.2) is 48.8 Å². The van der Waals surface area contributed by atoms with Crippen LogP contribution >= 0.6 is 0 Å². The van der Waals surface area contributed by atoms with Crippen molar-refractivity contribution in [2.24, 2.45) is 0 Å². The van der Waals surface area contributed by atoms with Crippen LogP contribution in [0, 0.1) is 0 Å². The second-order valence-corrected chi connectivity index (χ2v) is 5.65. The molecule has 0 radical (unpaired) electrons. The van der Waals surface area contributed by atoms with Gasteiger partial charge in [-0.15, -0.1) is 0 Å². The van der Waals surface area contributed by atoms with Gasteiger partial charge in [-0.25, -0.2) is 14.6 Å². The molecular formula is C18H10N4O3. The Bertz CT molecular complexity index is 1120. The SMILES string of the molecule is O=C1OC(=O)C(c2c[nH]c3ccccc23)=C1c1[nH]nc2ncccc12. The van der Waals surface area contributed by atoms with Gasteiger partial charge in [-0.1, -0.05) is 18.2 Å². The van der Waals surface area contributed by atoms with Crippen LogP contribution in [0.2, 0.25) is 0 Å². The Hall–Kier alpha value is -3.74. The molecule has 120 valence electrons. The van der Waals surface area contributed by atoms with Gasteiger partial charge in [0.15, 0.2) is 5.65 Å². The number of pyridine rings is 1. The number of aromatic amines is 2. The first-order valence-electron chi connectivity index (χ1n) is 7.61. The van der Waals surface area contributed by atoms with E-state index in [0.29, 0.717) is 22.3 Å². The topological polar surface area (TPSA) is 101 Å². The van der Waals surface area contributed by atoms with Crippen molar-refractivity contribution in [2.45, 2.75) is 0 Å². The van der Waals surface area contributed by atoms with Crippen molar-refractivity contribution in [3.8, 4) is 0 Å². The van der Waals surface area contributed by atoms with Gasteiger partial charge in [-0.3, -0.25) is 5.10 Å². The molecule has 3 aromatic heterocycles. The molecule has 7 heteroatoms.